The molecule has 0 bridgehead atoms. The first-order valence-electron chi connectivity index (χ1n) is 8.22. The lowest BCUT2D eigenvalue weighted by Gasteiger charge is -2.08. The molecule has 0 unspecified atom stereocenters. The first-order chi connectivity index (χ1) is 13.2. The van der Waals surface area contributed by atoms with Gasteiger partial charge in [0, 0.05) is 11.9 Å². The molecule has 0 atom stereocenters. The number of benzene rings is 1. The molecular formula is C19H15FN4O2S. The number of fused-ring (bicyclic) bond motifs is 1. The molecule has 1 N–H and O–H groups in total. The maximum atomic E-state index is 13.3. The number of aromatic nitrogens is 3. The Morgan fingerprint density at radius 1 is 1.19 bits per heavy atom. The Bertz CT molecular complexity index is 1060. The Balaban J connectivity index is 1.55. The van der Waals surface area contributed by atoms with Crippen molar-refractivity contribution in [3.8, 4) is 5.69 Å². The van der Waals surface area contributed by atoms with Crippen molar-refractivity contribution in [3.05, 3.63) is 72.6 Å². The number of hydrogen-bond acceptors (Lipinski definition) is 5. The van der Waals surface area contributed by atoms with E-state index in [2.05, 4.69) is 15.3 Å². The maximum Gasteiger partial charge on any atom is 0.230 e. The lowest BCUT2D eigenvalue weighted by atomic mass is 10.3. The summed E-state index contributed by atoms with van der Waals surface area (Å²) >= 11 is 1.29. The van der Waals surface area contributed by atoms with Crippen LogP contribution >= 0.6 is 11.8 Å². The fourth-order valence-electron chi connectivity index (χ4n) is 2.59. The van der Waals surface area contributed by atoms with Gasteiger partial charge in [0.05, 0.1) is 18.6 Å². The van der Waals surface area contributed by atoms with Crippen molar-refractivity contribution in [3.63, 3.8) is 0 Å². The molecular weight excluding hydrogens is 367 g/mol. The number of imidazole rings is 1. The summed E-state index contributed by atoms with van der Waals surface area (Å²) < 4.78 is 20.3. The quantitative estimate of drug-likeness (QED) is 0.516. The highest BCUT2D eigenvalue weighted by Crippen LogP contribution is 2.26. The summed E-state index contributed by atoms with van der Waals surface area (Å²) in [5, 5.41) is 3.41. The van der Waals surface area contributed by atoms with Gasteiger partial charge in [0.25, 0.3) is 0 Å². The second-order valence-corrected chi connectivity index (χ2v) is 6.64. The van der Waals surface area contributed by atoms with E-state index < -0.39 is 0 Å². The summed E-state index contributed by atoms with van der Waals surface area (Å²) in [5.41, 5.74) is 2.10. The zero-order valence-electron chi connectivity index (χ0n) is 14.1. The molecule has 0 fully saturated rings. The smallest absolute Gasteiger partial charge is 0.230 e. The first kappa shape index (κ1) is 17.3. The molecule has 0 aliphatic heterocycles. The van der Waals surface area contributed by atoms with E-state index in [1.807, 2.05) is 10.6 Å². The van der Waals surface area contributed by atoms with Crippen molar-refractivity contribution in [1.82, 2.24) is 19.9 Å². The van der Waals surface area contributed by atoms with Gasteiger partial charge in [0.2, 0.25) is 5.91 Å². The van der Waals surface area contributed by atoms with Crippen LogP contribution < -0.4 is 5.32 Å². The van der Waals surface area contributed by atoms with Crippen molar-refractivity contribution in [2.75, 3.05) is 5.75 Å². The number of thioether (sulfide) groups is 1. The van der Waals surface area contributed by atoms with Crippen LogP contribution in [0.4, 0.5) is 4.39 Å². The molecule has 1 amide bonds. The average Bonchev–Trinajstić information content (AvgIpc) is 3.33. The molecule has 0 aliphatic carbocycles. The molecule has 8 heteroatoms. The van der Waals surface area contributed by atoms with Crippen LogP contribution in [0.25, 0.3) is 16.9 Å². The normalized spacial score (nSPS) is 11.0. The van der Waals surface area contributed by atoms with E-state index in [0.29, 0.717) is 28.6 Å². The second kappa shape index (κ2) is 7.63. The fraction of sp³-hybridized carbons (Fsp3) is 0.105. The number of carbonyl (C=O) groups is 1. The molecule has 27 heavy (non-hydrogen) atoms. The molecule has 3 aromatic heterocycles. The number of pyridine rings is 1. The fourth-order valence-corrected chi connectivity index (χ4v) is 3.44. The second-order valence-electron chi connectivity index (χ2n) is 5.70. The Kier molecular flexibility index (Phi) is 4.88. The monoisotopic (exact) mass is 382 g/mol. The lowest BCUT2D eigenvalue weighted by molar-refractivity contribution is -0.118. The number of hydrogen-bond donors (Lipinski definition) is 1. The van der Waals surface area contributed by atoms with Crippen LogP contribution in [-0.4, -0.2) is 26.2 Å². The molecule has 136 valence electrons. The van der Waals surface area contributed by atoms with Crippen LogP contribution in [0.15, 0.2) is 70.6 Å². The highest BCUT2D eigenvalue weighted by atomic mass is 32.2. The SMILES string of the molecule is O=C(CSc1nc2cccnc2n1-c1ccc(F)cc1)NCc1ccco1. The molecule has 0 saturated carbocycles. The molecule has 1 aromatic carbocycles. The predicted molar refractivity (Wildman–Crippen MR) is 100 cm³/mol. The molecule has 0 radical (unpaired) electrons. The molecule has 4 aromatic rings. The number of halogens is 1. The maximum absolute atomic E-state index is 13.3. The Labute approximate surface area is 158 Å². The third-order valence-electron chi connectivity index (χ3n) is 3.84. The van der Waals surface area contributed by atoms with E-state index in [9.17, 15) is 9.18 Å². The van der Waals surface area contributed by atoms with Gasteiger partial charge in [0.1, 0.15) is 17.1 Å². The van der Waals surface area contributed by atoms with E-state index in [0.717, 1.165) is 5.69 Å². The molecule has 0 spiro atoms. The van der Waals surface area contributed by atoms with E-state index in [4.69, 9.17) is 4.42 Å². The van der Waals surface area contributed by atoms with Crippen LogP contribution in [0.1, 0.15) is 5.76 Å². The number of furan rings is 1. The summed E-state index contributed by atoms with van der Waals surface area (Å²) in [6, 6.07) is 13.3. The van der Waals surface area contributed by atoms with Gasteiger partial charge in [-0.1, -0.05) is 11.8 Å². The third kappa shape index (κ3) is 3.85. The van der Waals surface area contributed by atoms with Crippen molar-refractivity contribution in [2.45, 2.75) is 11.7 Å². The van der Waals surface area contributed by atoms with Gasteiger partial charge >= 0.3 is 0 Å². The van der Waals surface area contributed by atoms with E-state index in [1.54, 1.807) is 42.8 Å². The Hall–Kier alpha value is -3.13. The van der Waals surface area contributed by atoms with Gasteiger partial charge in [-0.3, -0.25) is 9.36 Å². The first-order valence-corrected chi connectivity index (χ1v) is 9.20. The third-order valence-corrected chi connectivity index (χ3v) is 4.78. The largest absolute Gasteiger partial charge is 0.467 e. The minimum absolute atomic E-state index is 0.137. The highest BCUT2D eigenvalue weighted by molar-refractivity contribution is 7.99. The number of nitrogens with zero attached hydrogens (tertiary/aromatic N) is 3. The number of carbonyl (C=O) groups excluding carboxylic acids is 1. The van der Waals surface area contributed by atoms with E-state index in [1.165, 1.54) is 23.9 Å². The van der Waals surface area contributed by atoms with Crippen LogP contribution in [0.3, 0.4) is 0 Å². The zero-order chi connectivity index (χ0) is 18.6. The van der Waals surface area contributed by atoms with Crippen molar-refractivity contribution in [1.29, 1.82) is 0 Å². The van der Waals surface area contributed by atoms with Gasteiger partial charge in [-0.25, -0.2) is 14.4 Å². The number of rotatable bonds is 6. The van der Waals surface area contributed by atoms with Gasteiger partial charge < -0.3 is 9.73 Å². The molecule has 0 aliphatic rings. The number of nitrogens with one attached hydrogen (secondary N) is 1. The van der Waals surface area contributed by atoms with E-state index >= 15 is 0 Å². The van der Waals surface area contributed by atoms with Crippen molar-refractivity contribution < 1.29 is 13.6 Å². The highest BCUT2D eigenvalue weighted by Gasteiger charge is 2.15. The lowest BCUT2D eigenvalue weighted by Crippen LogP contribution is -2.24. The van der Waals surface area contributed by atoms with Crippen LogP contribution in [0.2, 0.25) is 0 Å². The van der Waals surface area contributed by atoms with Crippen molar-refractivity contribution >= 4 is 28.8 Å². The van der Waals surface area contributed by atoms with Gasteiger partial charge in [-0.05, 0) is 48.5 Å². The topological polar surface area (TPSA) is 73.0 Å². The Morgan fingerprint density at radius 2 is 2.04 bits per heavy atom. The van der Waals surface area contributed by atoms with Gasteiger partial charge in [-0.2, -0.15) is 0 Å². The van der Waals surface area contributed by atoms with Crippen molar-refractivity contribution in [2.24, 2.45) is 0 Å². The van der Waals surface area contributed by atoms with Crippen LogP contribution in [-0.2, 0) is 11.3 Å². The zero-order valence-corrected chi connectivity index (χ0v) is 14.9. The summed E-state index contributed by atoms with van der Waals surface area (Å²) in [5.74, 6) is 0.423. The summed E-state index contributed by atoms with van der Waals surface area (Å²) in [6.07, 6.45) is 3.24. The van der Waals surface area contributed by atoms with Gasteiger partial charge in [-0.15, -0.1) is 0 Å². The summed E-state index contributed by atoms with van der Waals surface area (Å²) in [6.45, 7) is 0.336. The Morgan fingerprint density at radius 3 is 2.81 bits per heavy atom. The minimum atomic E-state index is -0.317. The van der Waals surface area contributed by atoms with Crippen LogP contribution in [0, 0.1) is 5.82 Å². The molecule has 0 saturated heterocycles. The average molecular weight is 382 g/mol. The minimum Gasteiger partial charge on any atom is -0.467 e. The van der Waals surface area contributed by atoms with E-state index in [-0.39, 0.29) is 17.5 Å². The molecule has 6 nitrogen and oxygen atoms in total. The summed E-state index contributed by atoms with van der Waals surface area (Å²) in [4.78, 5) is 21.1. The summed E-state index contributed by atoms with van der Waals surface area (Å²) in [7, 11) is 0. The predicted octanol–water partition coefficient (Wildman–Crippen LogP) is 3.56. The molecule has 3 heterocycles. The number of amides is 1. The standard InChI is InChI=1S/C19H15FN4O2S/c20-13-5-7-14(8-6-13)24-18-16(4-1-9-21-18)23-19(24)27-12-17(25)22-11-15-3-2-10-26-15/h1-10H,11-12H2,(H,22,25). The van der Waals surface area contributed by atoms with Crippen LogP contribution in [0.5, 0.6) is 0 Å². The molecule has 4 rings (SSSR count). The van der Waals surface area contributed by atoms with Gasteiger partial charge in [0.15, 0.2) is 10.8 Å².